The first-order valence-corrected chi connectivity index (χ1v) is 9.50. The number of aliphatic hydroxyl groups excluding tert-OH is 1. The van der Waals surface area contributed by atoms with Gasteiger partial charge in [-0.1, -0.05) is 18.2 Å². The fourth-order valence-corrected chi connectivity index (χ4v) is 4.57. The third-order valence-corrected chi connectivity index (χ3v) is 6.13. The van der Waals surface area contributed by atoms with Gasteiger partial charge in [-0.15, -0.1) is 0 Å². The van der Waals surface area contributed by atoms with Crippen molar-refractivity contribution >= 4 is 5.91 Å². The van der Waals surface area contributed by atoms with Crippen LogP contribution in [0.2, 0.25) is 0 Å². The minimum Gasteiger partial charge on any atom is -0.392 e. The molecule has 3 saturated heterocycles. The molecule has 0 unspecified atom stereocenters. The summed E-state index contributed by atoms with van der Waals surface area (Å²) in [5.74, 6) is 0.150. The number of amides is 1. The number of hydrogen-bond donors (Lipinski definition) is 1. The highest BCUT2D eigenvalue weighted by Gasteiger charge is 2.43. The van der Waals surface area contributed by atoms with Gasteiger partial charge in [0.2, 0.25) is 0 Å². The van der Waals surface area contributed by atoms with E-state index in [4.69, 9.17) is 4.74 Å². The van der Waals surface area contributed by atoms with Crippen LogP contribution in [-0.4, -0.2) is 72.4 Å². The molecule has 2 atom stereocenters. The molecule has 0 aromatic heterocycles. The van der Waals surface area contributed by atoms with Crippen LogP contribution in [-0.2, 0) is 4.74 Å². The highest BCUT2D eigenvalue weighted by atomic mass is 16.5. The van der Waals surface area contributed by atoms with Crippen LogP contribution in [0.4, 0.5) is 0 Å². The minimum absolute atomic E-state index is 0.150. The van der Waals surface area contributed by atoms with Gasteiger partial charge in [0.15, 0.2) is 0 Å². The van der Waals surface area contributed by atoms with Crippen LogP contribution in [0.1, 0.15) is 36.0 Å². The molecule has 1 spiro atoms. The van der Waals surface area contributed by atoms with E-state index < -0.39 is 0 Å². The van der Waals surface area contributed by atoms with Crippen molar-refractivity contribution in [1.82, 2.24) is 9.80 Å². The maximum Gasteiger partial charge on any atom is 0.253 e. The third kappa shape index (κ3) is 3.73. The number of carbonyl (C=O) groups excluding carboxylic acids is 1. The lowest BCUT2D eigenvalue weighted by Crippen LogP contribution is -2.43. The second-order valence-corrected chi connectivity index (χ2v) is 8.00. The molecule has 3 heterocycles. The number of piperidine rings is 1. The highest BCUT2D eigenvalue weighted by Crippen LogP contribution is 2.42. The van der Waals surface area contributed by atoms with E-state index in [9.17, 15) is 9.90 Å². The van der Waals surface area contributed by atoms with Crippen molar-refractivity contribution in [2.45, 2.75) is 37.9 Å². The Morgan fingerprint density at radius 1 is 1.20 bits per heavy atom. The average Bonchev–Trinajstić information content (AvgIpc) is 3.22. The molecule has 0 saturated carbocycles. The molecule has 1 aromatic rings. The third-order valence-electron chi connectivity index (χ3n) is 6.13. The molecular formula is C20H28N2O3. The van der Waals surface area contributed by atoms with Gasteiger partial charge in [0.05, 0.1) is 18.8 Å². The Balaban J connectivity index is 1.29. The highest BCUT2D eigenvalue weighted by molar-refractivity contribution is 5.94. The molecule has 0 bridgehead atoms. The van der Waals surface area contributed by atoms with Gasteiger partial charge in [0.25, 0.3) is 5.91 Å². The summed E-state index contributed by atoms with van der Waals surface area (Å²) in [6, 6.07) is 9.57. The van der Waals surface area contributed by atoms with Crippen molar-refractivity contribution < 1.29 is 14.6 Å². The Labute approximate surface area is 149 Å². The normalized spacial score (nSPS) is 29.4. The standard InChI is InChI=1S/C20H28N2O3/c23-17-6-9-21(13-17)14-18-12-20(15-25-18)7-10-22(11-8-20)19(24)16-4-2-1-3-5-16/h1-5,17-18,23H,6-15H2/t17-,18-/m0/s1. The molecule has 1 aromatic carbocycles. The number of aliphatic hydroxyl groups is 1. The number of benzene rings is 1. The number of ether oxygens (including phenoxy) is 1. The molecule has 3 aliphatic heterocycles. The van der Waals surface area contributed by atoms with E-state index in [1.807, 2.05) is 35.2 Å². The molecule has 3 aliphatic rings. The first kappa shape index (κ1) is 17.0. The fraction of sp³-hybridized carbons (Fsp3) is 0.650. The van der Waals surface area contributed by atoms with E-state index in [-0.39, 0.29) is 23.5 Å². The van der Waals surface area contributed by atoms with Crippen LogP contribution >= 0.6 is 0 Å². The molecule has 25 heavy (non-hydrogen) atoms. The lowest BCUT2D eigenvalue weighted by molar-refractivity contribution is 0.0451. The predicted molar refractivity (Wildman–Crippen MR) is 95.4 cm³/mol. The molecular weight excluding hydrogens is 316 g/mol. The summed E-state index contributed by atoms with van der Waals surface area (Å²) in [7, 11) is 0. The van der Waals surface area contributed by atoms with Gasteiger partial charge < -0.3 is 14.7 Å². The zero-order valence-corrected chi connectivity index (χ0v) is 14.8. The van der Waals surface area contributed by atoms with E-state index in [0.29, 0.717) is 0 Å². The first-order chi connectivity index (χ1) is 12.1. The molecule has 5 nitrogen and oxygen atoms in total. The van der Waals surface area contributed by atoms with Crippen molar-refractivity contribution in [1.29, 1.82) is 0 Å². The van der Waals surface area contributed by atoms with E-state index in [0.717, 1.165) is 70.6 Å². The molecule has 0 radical (unpaired) electrons. The summed E-state index contributed by atoms with van der Waals surface area (Å²) in [4.78, 5) is 16.9. The first-order valence-electron chi connectivity index (χ1n) is 9.50. The summed E-state index contributed by atoms with van der Waals surface area (Å²) in [5, 5.41) is 9.67. The zero-order valence-electron chi connectivity index (χ0n) is 14.8. The average molecular weight is 344 g/mol. The molecule has 1 N–H and O–H groups in total. The number of rotatable bonds is 3. The molecule has 5 heteroatoms. The quantitative estimate of drug-likeness (QED) is 0.908. The van der Waals surface area contributed by atoms with Crippen molar-refractivity contribution in [3.8, 4) is 0 Å². The van der Waals surface area contributed by atoms with Crippen LogP contribution in [0.25, 0.3) is 0 Å². The number of β-amino-alcohol motifs (C(OH)–C–C–N with tert-alkyl or cyclic N) is 1. The van der Waals surface area contributed by atoms with Gasteiger partial charge in [0, 0.05) is 38.3 Å². The fourth-order valence-electron chi connectivity index (χ4n) is 4.57. The maximum absolute atomic E-state index is 12.6. The lowest BCUT2D eigenvalue weighted by Gasteiger charge is -2.38. The van der Waals surface area contributed by atoms with E-state index in [1.54, 1.807) is 0 Å². The van der Waals surface area contributed by atoms with Gasteiger partial charge in [0.1, 0.15) is 0 Å². The van der Waals surface area contributed by atoms with E-state index in [2.05, 4.69) is 4.90 Å². The largest absolute Gasteiger partial charge is 0.392 e. The Morgan fingerprint density at radius 2 is 1.96 bits per heavy atom. The summed E-state index contributed by atoms with van der Waals surface area (Å²) < 4.78 is 6.10. The summed E-state index contributed by atoms with van der Waals surface area (Å²) in [6.45, 7) is 5.17. The van der Waals surface area contributed by atoms with Gasteiger partial charge in [-0.2, -0.15) is 0 Å². The van der Waals surface area contributed by atoms with Gasteiger partial charge in [-0.3, -0.25) is 9.69 Å². The van der Waals surface area contributed by atoms with Gasteiger partial charge in [-0.25, -0.2) is 0 Å². The molecule has 1 amide bonds. The van der Waals surface area contributed by atoms with E-state index >= 15 is 0 Å². The van der Waals surface area contributed by atoms with Gasteiger partial charge >= 0.3 is 0 Å². The second kappa shape index (κ2) is 7.06. The molecule has 4 rings (SSSR count). The molecule has 0 aliphatic carbocycles. The van der Waals surface area contributed by atoms with Gasteiger partial charge in [-0.05, 0) is 43.2 Å². The second-order valence-electron chi connectivity index (χ2n) is 8.00. The monoisotopic (exact) mass is 344 g/mol. The summed E-state index contributed by atoms with van der Waals surface area (Å²) in [5.41, 5.74) is 1.03. The Morgan fingerprint density at radius 3 is 2.64 bits per heavy atom. The lowest BCUT2D eigenvalue weighted by atomic mass is 9.76. The SMILES string of the molecule is O=C(c1ccccc1)N1CCC2(CC1)CO[C@H](CN1CC[C@H](O)C1)C2. The smallest absolute Gasteiger partial charge is 0.253 e. The number of likely N-dealkylation sites (tertiary alicyclic amines) is 2. The molecule has 3 fully saturated rings. The number of carbonyl (C=O) groups is 1. The number of nitrogens with zero attached hydrogens (tertiary/aromatic N) is 2. The van der Waals surface area contributed by atoms with Crippen LogP contribution in [0, 0.1) is 5.41 Å². The minimum atomic E-state index is -0.164. The van der Waals surface area contributed by atoms with Crippen molar-refractivity contribution in [2.75, 3.05) is 39.3 Å². The van der Waals surface area contributed by atoms with Crippen molar-refractivity contribution in [2.24, 2.45) is 5.41 Å². The number of hydrogen-bond acceptors (Lipinski definition) is 4. The van der Waals surface area contributed by atoms with Crippen molar-refractivity contribution in [3.05, 3.63) is 35.9 Å². The summed E-state index contributed by atoms with van der Waals surface area (Å²) in [6.07, 6.45) is 4.15. The molecule has 136 valence electrons. The Kier molecular flexibility index (Phi) is 4.80. The predicted octanol–water partition coefficient (Wildman–Crippen LogP) is 1.76. The Hall–Kier alpha value is -1.43. The van der Waals surface area contributed by atoms with Crippen molar-refractivity contribution in [3.63, 3.8) is 0 Å². The maximum atomic E-state index is 12.6. The van der Waals surface area contributed by atoms with Crippen LogP contribution in [0.15, 0.2) is 30.3 Å². The van der Waals surface area contributed by atoms with Crippen LogP contribution in [0.5, 0.6) is 0 Å². The van der Waals surface area contributed by atoms with Crippen LogP contribution in [0.3, 0.4) is 0 Å². The van der Waals surface area contributed by atoms with E-state index in [1.165, 1.54) is 0 Å². The summed E-state index contributed by atoms with van der Waals surface area (Å²) >= 11 is 0. The topological polar surface area (TPSA) is 53.0 Å². The van der Waals surface area contributed by atoms with Crippen LogP contribution < -0.4 is 0 Å². The Bertz CT molecular complexity index is 598. The zero-order chi connectivity index (χ0) is 17.3.